The first-order valence-electron chi connectivity index (χ1n) is 9.29. The number of carbonyl (C=O) groups is 1. The summed E-state index contributed by atoms with van der Waals surface area (Å²) in [5.41, 5.74) is 0.835. The first-order valence-corrected chi connectivity index (χ1v) is 9.29. The zero-order valence-corrected chi connectivity index (χ0v) is 17.3. The predicted molar refractivity (Wildman–Crippen MR) is 106 cm³/mol. The highest BCUT2D eigenvalue weighted by atomic mass is 16.6. The van der Waals surface area contributed by atoms with Gasteiger partial charge in [0.05, 0.1) is 41.0 Å². The average molecular weight is 402 g/mol. The zero-order valence-electron chi connectivity index (χ0n) is 17.3. The minimum atomic E-state index is -0.433. The Labute approximate surface area is 170 Å². The molecule has 0 amide bonds. The Morgan fingerprint density at radius 1 is 0.828 bits per heavy atom. The highest BCUT2D eigenvalue weighted by Gasteiger charge is 2.43. The van der Waals surface area contributed by atoms with Crippen LogP contribution in [0.4, 0.5) is 0 Å². The van der Waals surface area contributed by atoms with Gasteiger partial charge >= 0.3 is 5.97 Å². The fourth-order valence-corrected chi connectivity index (χ4v) is 3.43. The molecular formula is C22H26O7. The van der Waals surface area contributed by atoms with Crippen LogP contribution in [-0.2, 0) is 9.53 Å². The Bertz CT molecular complexity index is 864. The number of ether oxygens (including phenoxy) is 6. The molecule has 0 saturated carbocycles. The van der Waals surface area contributed by atoms with Crippen LogP contribution in [0.1, 0.15) is 18.6 Å². The van der Waals surface area contributed by atoms with Crippen LogP contribution in [0.15, 0.2) is 36.4 Å². The summed E-state index contributed by atoms with van der Waals surface area (Å²) in [6.45, 7) is 2.16. The molecule has 0 unspecified atom stereocenters. The molecule has 7 nitrogen and oxygen atoms in total. The average Bonchev–Trinajstić information content (AvgIpc) is 3.05. The summed E-state index contributed by atoms with van der Waals surface area (Å²) in [6, 6.07) is 10.8. The standard InChI is InChI=1S/C22H26O7/c1-13-16(12-28-15-7-9-18(25-3)20(11-15)27-5)21(29-22(13)23)14-6-8-17(24-2)19(10-14)26-4/h6-11,13,16,21H,12H2,1-5H3/t13-,16-,21-/m0/s1. The van der Waals surface area contributed by atoms with Gasteiger partial charge in [-0.05, 0) is 29.8 Å². The zero-order chi connectivity index (χ0) is 21.0. The van der Waals surface area contributed by atoms with Gasteiger partial charge in [0.1, 0.15) is 11.9 Å². The molecule has 0 spiro atoms. The van der Waals surface area contributed by atoms with Gasteiger partial charge in [-0.1, -0.05) is 13.0 Å². The molecule has 1 saturated heterocycles. The summed E-state index contributed by atoms with van der Waals surface area (Å²) < 4.78 is 32.9. The van der Waals surface area contributed by atoms with E-state index in [4.69, 9.17) is 28.4 Å². The number of benzene rings is 2. The molecule has 156 valence electrons. The third kappa shape index (κ3) is 4.18. The van der Waals surface area contributed by atoms with Crippen molar-refractivity contribution in [1.29, 1.82) is 0 Å². The second-order valence-corrected chi connectivity index (χ2v) is 6.75. The highest BCUT2D eigenvalue weighted by Crippen LogP contribution is 2.42. The Balaban J connectivity index is 1.80. The number of esters is 1. The quantitative estimate of drug-likeness (QED) is 0.624. The van der Waals surface area contributed by atoms with Crippen LogP contribution in [0.2, 0.25) is 0 Å². The minimum absolute atomic E-state index is 0.159. The fraction of sp³-hybridized carbons (Fsp3) is 0.409. The normalized spacial score (nSPS) is 20.7. The molecule has 3 rings (SSSR count). The van der Waals surface area contributed by atoms with Crippen LogP contribution >= 0.6 is 0 Å². The highest BCUT2D eigenvalue weighted by molar-refractivity contribution is 5.75. The van der Waals surface area contributed by atoms with Gasteiger partial charge in [-0.2, -0.15) is 0 Å². The van der Waals surface area contributed by atoms with E-state index in [0.29, 0.717) is 35.4 Å². The summed E-state index contributed by atoms with van der Waals surface area (Å²) in [5.74, 6) is 2.32. The molecule has 1 aliphatic heterocycles. The SMILES string of the molecule is COc1ccc(OC[C@H]2[C@H](C)C(=O)O[C@H]2c2ccc(OC)c(OC)c2)cc1OC. The monoisotopic (exact) mass is 402 g/mol. The van der Waals surface area contributed by atoms with Gasteiger partial charge < -0.3 is 28.4 Å². The maximum Gasteiger partial charge on any atom is 0.309 e. The largest absolute Gasteiger partial charge is 0.493 e. The van der Waals surface area contributed by atoms with Crippen LogP contribution in [0, 0.1) is 11.8 Å². The molecule has 1 heterocycles. The minimum Gasteiger partial charge on any atom is -0.493 e. The fourth-order valence-electron chi connectivity index (χ4n) is 3.43. The first-order chi connectivity index (χ1) is 14.0. The third-order valence-electron chi connectivity index (χ3n) is 5.18. The van der Waals surface area contributed by atoms with Crippen molar-refractivity contribution in [1.82, 2.24) is 0 Å². The molecule has 0 aromatic heterocycles. The summed E-state index contributed by atoms with van der Waals surface area (Å²) in [7, 11) is 6.30. The lowest BCUT2D eigenvalue weighted by Crippen LogP contribution is -2.22. The van der Waals surface area contributed by atoms with Crippen molar-refractivity contribution < 1.29 is 33.2 Å². The molecule has 7 heteroatoms. The van der Waals surface area contributed by atoms with Gasteiger partial charge in [-0.3, -0.25) is 4.79 Å². The summed E-state index contributed by atoms with van der Waals surface area (Å²) >= 11 is 0. The van der Waals surface area contributed by atoms with Crippen molar-refractivity contribution in [2.75, 3.05) is 35.0 Å². The van der Waals surface area contributed by atoms with Gasteiger partial charge in [0.15, 0.2) is 23.0 Å². The van der Waals surface area contributed by atoms with Crippen LogP contribution in [-0.4, -0.2) is 41.0 Å². The number of methoxy groups -OCH3 is 4. The van der Waals surface area contributed by atoms with Crippen molar-refractivity contribution in [2.45, 2.75) is 13.0 Å². The Kier molecular flexibility index (Phi) is 6.36. The second kappa shape index (κ2) is 8.94. The molecule has 2 aromatic carbocycles. The van der Waals surface area contributed by atoms with Crippen molar-refractivity contribution in [2.24, 2.45) is 11.8 Å². The van der Waals surface area contributed by atoms with Crippen LogP contribution in [0.3, 0.4) is 0 Å². The first kappa shape index (κ1) is 20.6. The molecule has 1 fully saturated rings. The number of hydrogen-bond donors (Lipinski definition) is 0. The van der Waals surface area contributed by atoms with E-state index in [2.05, 4.69) is 0 Å². The van der Waals surface area contributed by atoms with E-state index in [1.54, 1.807) is 52.7 Å². The van der Waals surface area contributed by atoms with E-state index < -0.39 is 6.10 Å². The summed E-state index contributed by atoms with van der Waals surface area (Å²) in [6.07, 6.45) is -0.433. The molecule has 0 bridgehead atoms. The van der Waals surface area contributed by atoms with E-state index in [0.717, 1.165) is 5.56 Å². The molecule has 3 atom stereocenters. The maximum absolute atomic E-state index is 12.3. The predicted octanol–water partition coefficient (Wildman–Crippen LogP) is 3.65. The van der Waals surface area contributed by atoms with E-state index >= 15 is 0 Å². The number of cyclic esters (lactones) is 1. The second-order valence-electron chi connectivity index (χ2n) is 6.75. The van der Waals surface area contributed by atoms with Gasteiger partial charge in [0.2, 0.25) is 0 Å². The molecule has 1 aliphatic rings. The molecule has 0 aliphatic carbocycles. The van der Waals surface area contributed by atoms with Crippen molar-refractivity contribution in [3.8, 4) is 28.7 Å². The number of carbonyl (C=O) groups excluding carboxylic acids is 1. The Hall–Kier alpha value is -3.09. The number of rotatable bonds is 8. The topological polar surface area (TPSA) is 72.5 Å². The van der Waals surface area contributed by atoms with Gasteiger partial charge in [-0.25, -0.2) is 0 Å². The smallest absolute Gasteiger partial charge is 0.309 e. The van der Waals surface area contributed by atoms with Gasteiger partial charge in [-0.15, -0.1) is 0 Å². The van der Waals surface area contributed by atoms with E-state index in [-0.39, 0.29) is 17.8 Å². The van der Waals surface area contributed by atoms with Crippen molar-refractivity contribution in [3.63, 3.8) is 0 Å². The maximum atomic E-state index is 12.3. The molecule has 2 aromatic rings. The van der Waals surface area contributed by atoms with Crippen LogP contribution in [0.25, 0.3) is 0 Å². The molecule has 0 radical (unpaired) electrons. The lowest BCUT2D eigenvalue weighted by molar-refractivity contribution is -0.144. The van der Waals surface area contributed by atoms with Gasteiger partial charge in [0, 0.05) is 12.0 Å². The lowest BCUT2D eigenvalue weighted by atomic mass is 9.89. The van der Waals surface area contributed by atoms with Crippen LogP contribution < -0.4 is 23.7 Å². The van der Waals surface area contributed by atoms with E-state index in [9.17, 15) is 4.79 Å². The van der Waals surface area contributed by atoms with Crippen molar-refractivity contribution in [3.05, 3.63) is 42.0 Å². The summed E-state index contributed by atoms with van der Waals surface area (Å²) in [5, 5.41) is 0. The molecule has 0 N–H and O–H groups in total. The van der Waals surface area contributed by atoms with E-state index in [1.807, 2.05) is 19.1 Å². The lowest BCUT2D eigenvalue weighted by Gasteiger charge is -2.21. The van der Waals surface area contributed by atoms with E-state index in [1.165, 1.54) is 0 Å². The van der Waals surface area contributed by atoms with Crippen molar-refractivity contribution >= 4 is 5.97 Å². The summed E-state index contributed by atoms with van der Waals surface area (Å²) in [4.78, 5) is 12.3. The molecule has 29 heavy (non-hydrogen) atoms. The third-order valence-corrected chi connectivity index (χ3v) is 5.18. The van der Waals surface area contributed by atoms with Crippen LogP contribution in [0.5, 0.6) is 28.7 Å². The molecular weight excluding hydrogens is 376 g/mol. The number of hydrogen-bond acceptors (Lipinski definition) is 7. The Morgan fingerprint density at radius 3 is 2.03 bits per heavy atom. The van der Waals surface area contributed by atoms with Gasteiger partial charge in [0.25, 0.3) is 0 Å². The Morgan fingerprint density at radius 2 is 1.41 bits per heavy atom.